The van der Waals surface area contributed by atoms with E-state index in [1.807, 2.05) is 6.92 Å². The second-order valence-electron chi connectivity index (χ2n) is 4.02. The Morgan fingerprint density at radius 1 is 1.45 bits per heavy atom. The lowest BCUT2D eigenvalue weighted by molar-refractivity contribution is 0.144. The highest BCUT2D eigenvalue weighted by Gasteiger charge is 2.21. The van der Waals surface area contributed by atoms with Crippen LogP contribution in [0.25, 0.3) is 0 Å². The van der Waals surface area contributed by atoms with Crippen molar-refractivity contribution >= 4 is 0 Å². The third kappa shape index (κ3) is 3.73. The van der Waals surface area contributed by atoms with Gasteiger partial charge in [0.05, 0.1) is 0 Å². The highest BCUT2D eigenvalue weighted by molar-refractivity contribution is 4.78. The summed E-state index contributed by atoms with van der Waals surface area (Å²) in [6, 6.07) is 0.269. The Morgan fingerprint density at radius 2 is 1.91 bits per heavy atom. The van der Waals surface area contributed by atoms with E-state index in [4.69, 9.17) is 5.73 Å². The molecule has 0 aliphatic carbocycles. The van der Waals surface area contributed by atoms with Crippen molar-refractivity contribution in [3.8, 4) is 0 Å². The van der Waals surface area contributed by atoms with Gasteiger partial charge in [-0.15, -0.1) is 0 Å². The van der Waals surface area contributed by atoms with Gasteiger partial charge in [-0.2, -0.15) is 0 Å². The molecule has 0 rings (SSSR count). The van der Waals surface area contributed by atoms with Crippen LogP contribution in [0.3, 0.4) is 0 Å². The molecule has 11 heavy (non-hydrogen) atoms. The average molecular weight is 158 g/mol. The van der Waals surface area contributed by atoms with Gasteiger partial charge < -0.3 is 5.73 Å². The fraction of sp³-hybridized carbons (Fsp3) is 1.00. The molecule has 2 heteroatoms. The molecule has 0 saturated heterocycles. The van der Waals surface area contributed by atoms with Crippen molar-refractivity contribution < 1.29 is 0 Å². The van der Waals surface area contributed by atoms with E-state index >= 15 is 0 Å². The lowest BCUT2D eigenvalue weighted by Crippen LogP contribution is -2.45. The van der Waals surface area contributed by atoms with E-state index < -0.39 is 0 Å². The minimum absolute atomic E-state index is 0.269. The first-order chi connectivity index (χ1) is 4.90. The number of nitrogens with zero attached hydrogens (tertiary/aromatic N) is 1. The first-order valence-corrected chi connectivity index (χ1v) is 4.37. The molecule has 0 amide bonds. The van der Waals surface area contributed by atoms with Gasteiger partial charge in [-0.1, -0.05) is 6.92 Å². The third-order valence-corrected chi connectivity index (χ3v) is 2.46. The maximum absolute atomic E-state index is 5.70. The zero-order valence-corrected chi connectivity index (χ0v) is 8.52. The normalized spacial score (nSPS) is 15.5. The Morgan fingerprint density at radius 3 is 2.18 bits per heavy atom. The van der Waals surface area contributed by atoms with E-state index in [2.05, 4.69) is 32.7 Å². The minimum Gasteiger partial charge on any atom is -0.327 e. The van der Waals surface area contributed by atoms with E-state index in [0.29, 0.717) is 0 Å². The van der Waals surface area contributed by atoms with Crippen LogP contribution >= 0.6 is 0 Å². The molecule has 0 bridgehead atoms. The summed E-state index contributed by atoms with van der Waals surface area (Å²) in [6.07, 6.45) is 1.16. The van der Waals surface area contributed by atoms with Crippen molar-refractivity contribution in [3.05, 3.63) is 0 Å². The predicted molar refractivity (Wildman–Crippen MR) is 50.6 cm³/mol. The largest absolute Gasteiger partial charge is 0.327 e. The van der Waals surface area contributed by atoms with Crippen LogP contribution < -0.4 is 5.73 Å². The van der Waals surface area contributed by atoms with Gasteiger partial charge in [0.1, 0.15) is 0 Å². The Bertz CT molecular complexity index is 108. The van der Waals surface area contributed by atoms with Gasteiger partial charge in [-0.25, -0.2) is 0 Å². The molecule has 0 radical (unpaired) electrons. The molecule has 0 aliphatic rings. The highest BCUT2D eigenvalue weighted by atomic mass is 15.2. The molecule has 0 fully saturated rings. The fourth-order valence-electron chi connectivity index (χ4n) is 0.949. The SMILES string of the molecule is CCC(C)(C)N(C)C[C@@H](C)N. The minimum atomic E-state index is 0.269. The fourth-order valence-corrected chi connectivity index (χ4v) is 0.949. The van der Waals surface area contributed by atoms with Crippen LogP contribution in [-0.2, 0) is 0 Å². The molecule has 68 valence electrons. The second-order valence-corrected chi connectivity index (χ2v) is 4.02. The quantitative estimate of drug-likeness (QED) is 0.671. The van der Waals surface area contributed by atoms with E-state index in [9.17, 15) is 0 Å². The molecule has 0 saturated carbocycles. The van der Waals surface area contributed by atoms with E-state index in [-0.39, 0.29) is 11.6 Å². The molecule has 1 atom stereocenters. The summed E-state index contributed by atoms with van der Waals surface area (Å²) in [7, 11) is 2.13. The van der Waals surface area contributed by atoms with Gasteiger partial charge in [0.15, 0.2) is 0 Å². The summed E-state index contributed by atoms with van der Waals surface area (Å²) in [5.74, 6) is 0. The Hall–Kier alpha value is -0.0800. The van der Waals surface area contributed by atoms with Gasteiger partial charge in [0, 0.05) is 18.1 Å². The standard InChI is InChI=1S/C9H22N2/c1-6-9(3,4)11(5)7-8(2)10/h8H,6-7,10H2,1-5H3/t8-/m1/s1. The molecule has 0 aromatic heterocycles. The van der Waals surface area contributed by atoms with Crippen molar-refractivity contribution in [2.24, 2.45) is 5.73 Å². The van der Waals surface area contributed by atoms with Crippen LogP contribution in [0.4, 0.5) is 0 Å². The van der Waals surface area contributed by atoms with Crippen LogP contribution in [0, 0.1) is 0 Å². The molecule has 0 aliphatic heterocycles. The summed E-state index contributed by atoms with van der Waals surface area (Å²) in [5, 5.41) is 0. The van der Waals surface area contributed by atoms with E-state index in [1.54, 1.807) is 0 Å². The lowest BCUT2D eigenvalue weighted by Gasteiger charge is -2.35. The van der Waals surface area contributed by atoms with Gasteiger partial charge in [0.2, 0.25) is 0 Å². The van der Waals surface area contributed by atoms with Crippen molar-refractivity contribution in [3.63, 3.8) is 0 Å². The van der Waals surface area contributed by atoms with Crippen LogP contribution in [0.15, 0.2) is 0 Å². The summed E-state index contributed by atoms with van der Waals surface area (Å²) in [5.41, 5.74) is 5.99. The maximum atomic E-state index is 5.70. The first-order valence-electron chi connectivity index (χ1n) is 4.37. The van der Waals surface area contributed by atoms with E-state index in [0.717, 1.165) is 13.0 Å². The van der Waals surface area contributed by atoms with Gasteiger partial charge in [-0.3, -0.25) is 4.90 Å². The number of hydrogen-bond acceptors (Lipinski definition) is 2. The summed E-state index contributed by atoms with van der Waals surface area (Å²) in [4.78, 5) is 2.32. The smallest absolute Gasteiger partial charge is 0.0148 e. The number of nitrogens with two attached hydrogens (primary N) is 1. The number of rotatable bonds is 4. The molecule has 2 N–H and O–H groups in total. The zero-order chi connectivity index (χ0) is 9.07. The average Bonchev–Trinajstić information content (AvgIpc) is 1.86. The summed E-state index contributed by atoms with van der Waals surface area (Å²) < 4.78 is 0. The third-order valence-electron chi connectivity index (χ3n) is 2.46. The number of likely N-dealkylation sites (N-methyl/N-ethyl adjacent to an activating group) is 1. The number of hydrogen-bond donors (Lipinski definition) is 1. The predicted octanol–water partition coefficient (Wildman–Crippen LogP) is 1.45. The Balaban J connectivity index is 3.90. The second kappa shape index (κ2) is 4.07. The molecule has 0 heterocycles. The molecular weight excluding hydrogens is 136 g/mol. The van der Waals surface area contributed by atoms with Gasteiger partial charge >= 0.3 is 0 Å². The van der Waals surface area contributed by atoms with Crippen LogP contribution in [0.5, 0.6) is 0 Å². The van der Waals surface area contributed by atoms with Crippen LogP contribution in [-0.4, -0.2) is 30.1 Å². The monoisotopic (exact) mass is 158 g/mol. The topological polar surface area (TPSA) is 29.3 Å². The van der Waals surface area contributed by atoms with Crippen molar-refractivity contribution in [1.29, 1.82) is 0 Å². The van der Waals surface area contributed by atoms with Crippen LogP contribution in [0.2, 0.25) is 0 Å². The van der Waals surface area contributed by atoms with Gasteiger partial charge in [0.25, 0.3) is 0 Å². The molecule has 0 aromatic rings. The van der Waals surface area contributed by atoms with Crippen molar-refractivity contribution in [2.75, 3.05) is 13.6 Å². The maximum Gasteiger partial charge on any atom is 0.0148 e. The molecule has 0 spiro atoms. The molecule has 0 aromatic carbocycles. The highest BCUT2D eigenvalue weighted by Crippen LogP contribution is 2.15. The Kier molecular flexibility index (Phi) is 4.04. The lowest BCUT2D eigenvalue weighted by atomic mass is 9.99. The zero-order valence-electron chi connectivity index (χ0n) is 8.52. The van der Waals surface area contributed by atoms with Gasteiger partial charge in [-0.05, 0) is 34.2 Å². The van der Waals surface area contributed by atoms with Crippen molar-refractivity contribution in [1.82, 2.24) is 4.90 Å². The van der Waals surface area contributed by atoms with Crippen LogP contribution in [0.1, 0.15) is 34.1 Å². The van der Waals surface area contributed by atoms with E-state index in [1.165, 1.54) is 0 Å². The summed E-state index contributed by atoms with van der Waals surface area (Å²) in [6.45, 7) is 9.71. The molecule has 2 nitrogen and oxygen atoms in total. The first kappa shape index (κ1) is 10.9. The molecule has 0 unspecified atom stereocenters. The summed E-state index contributed by atoms with van der Waals surface area (Å²) >= 11 is 0. The van der Waals surface area contributed by atoms with Crippen molar-refractivity contribution in [2.45, 2.75) is 45.7 Å². The Labute approximate surface area is 70.8 Å². The molecular formula is C9H22N2.